The van der Waals surface area contributed by atoms with Gasteiger partial charge in [0.2, 0.25) is 0 Å². The number of aliphatic carboxylic acids is 1. The van der Waals surface area contributed by atoms with E-state index in [4.69, 9.17) is 5.11 Å². The molecule has 1 amide bonds. The summed E-state index contributed by atoms with van der Waals surface area (Å²) in [5.74, 6) is -1.39. The molecule has 20 heavy (non-hydrogen) atoms. The Morgan fingerprint density at radius 3 is 2.85 bits per heavy atom. The van der Waals surface area contributed by atoms with Gasteiger partial charge in [-0.25, -0.2) is 9.78 Å². The standard InChI is InChI=1S/C13H11N3O3S/c1-8-7-20-13(15-8)16-12(19)10-4-9(5-14-6-10)2-3-11(17)18/h2-7H,1H3,(H,17,18)(H,15,16,19). The number of carboxylic acid groups (broad SMARTS) is 1. The molecule has 102 valence electrons. The molecule has 2 aromatic rings. The Labute approximate surface area is 118 Å². The number of hydrogen-bond donors (Lipinski definition) is 2. The normalized spacial score (nSPS) is 10.7. The van der Waals surface area contributed by atoms with Crippen LogP contribution in [0.3, 0.4) is 0 Å². The Morgan fingerprint density at radius 1 is 1.40 bits per heavy atom. The van der Waals surface area contributed by atoms with Crippen molar-refractivity contribution in [3.8, 4) is 0 Å². The molecular weight excluding hydrogens is 278 g/mol. The van der Waals surface area contributed by atoms with Crippen molar-refractivity contribution in [2.45, 2.75) is 6.92 Å². The third kappa shape index (κ3) is 3.72. The van der Waals surface area contributed by atoms with E-state index in [1.54, 1.807) is 6.07 Å². The average Bonchev–Trinajstić information content (AvgIpc) is 2.82. The maximum Gasteiger partial charge on any atom is 0.328 e. The van der Waals surface area contributed by atoms with Gasteiger partial charge in [-0.1, -0.05) is 0 Å². The van der Waals surface area contributed by atoms with Crippen LogP contribution in [0.5, 0.6) is 0 Å². The molecule has 0 bridgehead atoms. The van der Waals surface area contributed by atoms with Gasteiger partial charge in [-0.15, -0.1) is 11.3 Å². The van der Waals surface area contributed by atoms with E-state index in [-0.39, 0.29) is 5.91 Å². The highest BCUT2D eigenvalue weighted by Crippen LogP contribution is 2.15. The number of carbonyl (C=O) groups excluding carboxylic acids is 1. The van der Waals surface area contributed by atoms with E-state index in [1.807, 2.05) is 12.3 Å². The van der Waals surface area contributed by atoms with Gasteiger partial charge in [-0.3, -0.25) is 15.1 Å². The van der Waals surface area contributed by atoms with Crippen LogP contribution < -0.4 is 5.32 Å². The smallest absolute Gasteiger partial charge is 0.328 e. The van der Waals surface area contributed by atoms with Crippen LogP contribution in [0.2, 0.25) is 0 Å². The molecule has 0 saturated carbocycles. The first kappa shape index (κ1) is 13.9. The topological polar surface area (TPSA) is 92.2 Å². The molecule has 0 saturated heterocycles. The maximum atomic E-state index is 12.0. The Kier molecular flexibility index (Phi) is 4.21. The monoisotopic (exact) mass is 289 g/mol. The van der Waals surface area contributed by atoms with Gasteiger partial charge in [0.25, 0.3) is 5.91 Å². The molecule has 7 heteroatoms. The fourth-order valence-corrected chi connectivity index (χ4v) is 2.10. The second-order valence-electron chi connectivity index (χ2n) is 3.93. The molecule has 0 fully saturated rings. The number of carboxylic acids is 1. The van der Waals surface area contributed by atoms with Crippen molar-refractivity contribution in [2.24, 2.45) is 0 Å². The zero-order valence-electron chi connectivity index (χ0n) is 10.5. The van der Waals surface area contributed by atoms with Crippen LogP contribution in [-0.4, -0.2) is 27.0 Å². The van der Waals surface area contributed by atoms with Crippen LogP contribution in [0.15, 0.2) is 29.9 Å². The van der Waals surface area contributed by atoms with E-state index >= 15 is 0 Å². The van der Waals surface area contributed by atoms with Crippen molar-refractivity contribution in [3.63, 3.8) is 0 Å². The first-order valence-corrected chi connectivity index (χ1v) is 6.52. The molecule has 0 radical (unpaired) electrons. The lowest BCUT2D eigenvalue weighted by atomic mass is 10.2. The Bertz CT molecular complexity index is 679. The second kappa shape index (κ2) is 6.07. The van der Waals surface area contributed by atoms with E-state index in [0.717, 1.165) is 11.8 Å². The largest absolute Gasteiger partial charge is 0.478 e. The van der Waals surface area contributed by atoms with E-state index in [0.29, 0.717) is 16.3 Å². The van der Waals surface area contributed by atoms with E-state index in [2.05, 4.69) is 15.3 Å². The zero-order valence-corrected chi connectivity index (χ0v) is 11.3. The summed E-state index contributed by atoms with van der Waals surface area (Å²) in [5, 5.41) is 13.6. The minimum Gasteiger partial charge on any atom is -0.478 e. The van der Waals surface area contributed by atoms with Gasteiger partial charge in [-0.2, -0.15) is 0 Å². The predicted molar refractivity (Wildman–Crippen MR) is 75.7 cm³/mol. The van der Waals surface area contributed by atoms with Gasteiger partial charge in [0.15, 0.2) is 5.13 Å². The third-order valence-corrected chi connectivity index (χ3v) is 3.15. The number of aromatic nitrogens is 2. The number of rotatable bonds is 4. The van der Waals surface area contributed by atoms with Crippen molar-refractivity contribution < 1.29 is 14.7 Å². The number of thiazole rings is 1. The average molecular weight is 289 g/mol. The molecule has 6 nitrogen and oxygen atoms in total. The van der Waals surface area contributed by atoms with Crippen LogP contribution in [-0.2, 0) is 4.79 Å². The zero-order chi connectivity index (χ0) is 14.5. The van der Waals surface area contributed by atoms with Gasteiger partial charge < -0.3 is 5.11 Å². The molecule has 2 heterocycles. The third-order valence-electron chi connectivity index (χ3n) is 2.28. The summed E-state index contributed by atoms with van der Waals surface area (Å²) in [7, 11) is 0. The van der Waals surface area contributed by atoms with Crippen molar-refractivity contribution in [3.05, 3.63) is 46.7 Å². The Morgan fingerprint density at radius 2 is 2.20 bits per heavy atom. The lowest BCUT2D eigenvalue weighted by Gasteiger charge is -2.02. The first-order chi connectivity index (χ1) is 9.54. The highest BCUT2D eigenvalue weighted by molar-refractivity contribution is 7.13. The van der Waals surface area contributed by atoms with Crippen LogP contribution in [0.4, 0.5) is 5.13 Å². The fourth-order valence-electron chi connectivity index (χ4n) is 1.42. The highest BCUT2D eigenvalue weighted by Gasteiger charge is 2.09. The quantitative estimate of drug-likeness (QED) is 0.842. The number of hydrogen-bond acceptors (Lipinski definition) is 5. The number of pyridine rings is 1. The number of anilines is 1. The molecule has 2 rings (SSSR count). The first-order valence-electron chi connectivity index (χ1n) is 5.64. The highest BCUT2D eigenvalue weighted by atomic mass is 32.1. The molecule has 2 N–H and O–H groups in total. The number of nitrogens with one attached hydrogen (secondary N) is 1. The van der Waals surface area contributed by atoms with E-state index < -0.39 is 5.97 Å². The van der Waals surface area contributed by atoms with E-state index in [1.165, 1.54) is 29.8 Å². The molecular formula is C13H11N3O3S. The van der Waals surface area contributed by atoms with Crippen molar-refractivity contribution in [1.82, 2.24) is 9.97 Å². The van der Waals surface area contributed by atoms with Crippen molar-refractivity contribution in [1.29, 1.82) is 0 Å². The summed E-state index contributed by atoms with van der Waals surface area (Å²) >= 11 is 1.34. The van der Waals surface area contributed by atoms with Crippen LogP contribution >= 0.6 is 11.3 Å². The minimum absolute atomic E-state index is 0.336. The van der Waals surface area contributed by atoms with Gasteiger partial charge in [-0.05, 0) is 24.6 Å². The molecule has 0 spiro atoms. The van der Waals surface area contributed by atoms with Crippen LogP contribution in [0.1, 0.15) is 21.6 Å². The van der Waals surface area contributed by atoms with Gasteiger partial charge in [0, 0.05) is 23.8 Å². The maximum absolute atomic E-state index is 12.0. The summed E-state index contributed by atoms with van der Waals surface area (Å²) < 4.78 is 0. The molecule has 2 aromatic heterocycles. The van der Waals surface area contributed by atoms with Gasteiger partial charge in [0.05, 0.1) is 11.3 Å². The summed E-state index contributed by atoms with van der Waals surface area (Å²) in [6.07, 6.45) is 5.25. The lowest BCUT2D eigenvalue weighted by Crippen LogP contribution is -2.12. The molecule has 0 aliphatic rings. The molecule has 0 aliphatic heterocycles. The minimum atomic E-state index is -1.06. The summed E-state index contributed by atoms with van der Waals surface area (Å²) in [4.78, 5) is 30.5. The SMILES string of the molecule is Cc1csc(NC(=O)c2cncc(C=CC(=O)O)c2)n1. The van der Waals surface area contributed by atoms with Crippen LogP contribution in [0.25, 0.3) is 6.08 Å². The second-order valence-corrected chi connectivity index (χ2v) is 4.78. The molecule has 0 aromatic carbocycles. The van der Waals surface area contributed by atoms with Gasteiger partial charge in [0.1, 0.15) is 0 Å². The summed E-state index contributed by atoms with van der Waals surface area (Å²) in [6.45, 7) is 1.84. The summed E-state index contributed by atoms with van der Waals surface area (Å²) in [6, 6.07) is 1.56. The van der Waals surface area contributed by atoms with Crippen LogP contribution in [0, 0.1) is 6.92 Å². The fraction of sp³-hybridized carbons (Fsp3) is 0.0769. The van der Waals surface area contributed by atoms with E-state index in [9.17, 15) is 9.59 Å². The Balaban J connectivity index is 2.14. The number of amides is 1. The molecule has 0 atom stereocenters. The van der Waals surface area contributed by atoms with Gasteiger partial charge >= 0.3 is 5.97 Å². The van der Waals surface area contributed by atoms with Crippen molar-refractivity contribution >= 4 is 34.4 Å². The molecule has 0 unspecified atom stereocenters. The molecule has 0 aliphatic carbocycles. The number of carbonyl (C=O) groups is 2. The Hall–Kier alpha value is -2.54. The predicted octanol–water partition coefficient (Wildman–Crippen LogP) is 2.20. The van der Waals surface area contributed by atoms with Crippen molar-refractivity contribution in [2.75, 3.05) is 5.32 Å². The lowest BCUT2D eigenvalue weighted by molar-refractivity contribution is -0.131. The summed E-state index contributed by atoms with van der Waals surface area (Å²) in [5.41, 5.74) is 1.71. The number of nitrogens with zero attached hydrogens (tertiary/aromatic N) is 2. The number of aryl methyl sites for hydroxylation is 1.